The van der Waals surface area contributed by atoms with Crippen molar-refractivity contribution < 1.29 is 13.2 Å². The Labute approximate surface area is 194 Å². The summed E-state index contributed by atoms with van der Waals surface area (Å²) in [5, 5.41) is 2.07. The van der Waals surface area contributed by atoms with Crippen LogP contribution in [0.25, 0.3) is 11.3 Å². The lowest BCUT2D eigenvalue weighted by molar-refractivity contribution is 0.0730. The third kappa shape index (κ3) is 4.91. The van der Waals surface area contributed by atoms with E-state index in [-0.39, 0.29) is 4.90 Å². The zero-order chi connectivity index (χ0) is 21.8. The van der Waals surface area contributed by atoms with Gasteiger partial charge in [-0.1, -0.05) is 34.1 Å². The van der Waals surface area contributed by atoms with E-state index < -0.39 is 10.0 Å². The number of nitrogens with zero attached hydrogens (tertiary/aromatic N) is 3. The largest absolute Gasteiger partial charge is 0.379 e. The second-order valence-electron chi connectivity index (χ2n) is 6.94. The van der Waals surface area contributed by atoms with E-state index in [1.54, 1.807) is 24.3 Å². The van der Waals surface area contributed by atoms with Gasteiger partial charge in [-0.05, 0) is 36.4 Å². The van der Waals surface area contributed by atoms with Crippen LogP contribution in [0, 0.1) is 0 Å². The van der Waals surface area contributed by atoms with Gasteiger partial charge in [0.25, 0.3) is 0 Å². The van der Waals surface area contributed by atoms with Gasteiger partial charge >= 0.3 is 0 Å². The highest BCUT2D eigenvalue weighted by atomic mass is 79.9. The fourth-order valence-electron chi connectivity index (χ4n) is 3.34. The zero-order valence-corrected chi connectivity index (χ0v) is 20.0. The van der Waals surface area contributed by atoms with Crippen molar-refractivity contribution in [1.82, 2.24) is 8.87 Å². The summed E-state index contributed by atoms with van der Waals surface area (Å²) in [6.45, 7) is 6.10. The van der Waals surface area contributed by atoms with Crippen LogP contribution in [0.15, 0.2) is 80.9 Å². The molecule has 0 unspecified atom stereocenters. The number of allylic oxidation sites excluding steroid dienone is 1. The summed E-state index contributed by atoms with van der Waals surface area (Å²) in [6.07, 6.45) is 1.84. The Kier molecular flexibility index (Phi) is 6.88. The summed E-state index contributed by atoms with van der Waals surface area (Å²) < 4.78 is 35.4. The molecular weight excluding hydrogens is 498 g/mol. The minimum Gasteiger partial charge on any atom is -0.379 e. The summed E-state index contributed by atoms with van der Waals surface area (Å²) >= 11 is 5.06. The molecule has 2 heterocycles. The van der Waals surface area contributed by atoms with Crippen LogP contribution in [0.5, 0.6) is 0 Å². The van der Waals surface area contributed by atoms with Gasteiger partial charge in [0.05, 0.1) is 29.5 Å². The molecule has 0 aliphatic carbocycles. The number of benzene rings is 2. The predicted octanol–water partition coefficient (Wildman–Crippen LogP) is 4.42. The molecule has 1 aromatic heterocycles. The Bertz CT molecular complexity index is 1240. The summed E-state index contributed by atoms with van der Waals surface area (Å²) in [4.78, 5) is 5.85. The summed E-state index contributed by atoms with van der Waals surface area (Å²) in [7, 11) is -3.51. The van der Waals surface area contributed by atoms with E-state index in [0.717, 1.165) is 20.5 Å². The van der Waals surface area contributed by atoms with E-state index in [2.05, 4.69) is 44.6 Å². The number of halogens is 1. The van der Waals surface area contributed by atoms with Crippen molar-refractivity contribution in [1.29, 1.82) is 0 Å². The average molecular weight is 520 g/mol. The summed E-state index contributed by atoms with van der Waals surface area (Å²) in [5.41, 5.74) is 2.83. The maximum absolute atomic E-state index is 12.8. The van der Waals surface area contributed by atoms with Gasteiger partial charge < -0.3 is 9.30 Å². The van der Waals surface area contributed by atoms with Gasteiger partial charge in [-0.2, -0.15) is 4.31 Å². The SMILES string of the molecule is C=CCn1c(-c2cccc(Br)c2)csc1=Nc1ccc(S(=O)(=O)N2CCOCC2)cc1. The molecule has 0 saturated carbocycles. The van der Waals surface area contributed by atoms with Crippen molar-refractivity contribution in [3.8, 4) is 11.3 Å². The van der Waals surface area contributed by atoms with Crippen LogP contribution in [0.2, 0.25) is 0 Å². The minimum atomic E-state index is -3.51. The first-order chi connectivity index (χ1) is 15.0. The fourth-order valence-corrected chi connectivity index (χ4v) is 6.09. The molecule has 1 aliphatic rings. The van der Waals surface area contributed by atoms with Crippen molar-refractivity contribution in [2.45, 2.75) is 11.4 Å². The molecule has 0 bridgehead atoms. The van der Waals surface area contributed by atoms with Gasteiger partial charge in [-0.25, -0.2) is 13.4 Å². The molecule has 1 saturated heterocycles. The van der Waals surface area contributed by atoms with Gasteiger partial charge in [0.15, 0.2) is 4.80 Å². The number of sulfonamides is 1. The molecule has 0 spiro atoms. The van der Waals surface area contributed by atoms with E-state index in [0.29, 0.717) is 38.5 Å². The number of rotatable bonds is 6. The van der Waals surface area contributed by atoms with Crippen LogP contribution < -0.4 is 4.80 Å². The average Bonchev–Trinajstić information content (AvgIpc) is 3.17. The van der Waals surface area contributed by atoms with E-state index in [1.165, 1.54) is 15.6 Å². The Morgan fingerprint density at radius 2 is 1.90 bits per heavy atom. The van der Waals surface area contributed by atoms with Gasteiger partial charge in [-0.3, -0.25) is 0 Å². The van der Waals surface area contributed by atoms with Crippen LogP contribution in [-0.2, 0) is 21.3 Å². The first kappa shape index (κ1) is 22.2. The van der Waals surface area contributed by atoms with E-state index >= 15 is 0 Å². The molecule has 0 radical (unpaired) electrons. The van der Waals surface area contributed by atoms with E-state index in [4.69, 9.17) is 9.73 Å². The summed E-state index contributed by atoms with van der Waals surface area (Å²) in [5.74, 6) is 0. The molecule has 0 amide bonds. The first-order valence-corrected chi connectivity index (χ1v) is 12.9. The molecule has 9 heteroatoms. The molecule has 2 aromatic carbocycles. The zero-order valence-electron chi connectivity index (χ0n) is 16.8. The van der Waals surface area contributed by atoms with Crippen LogP contribution in [0.4, 0.5) is 5.69 Å². The molecule has 0 atom stereocenters. The van der Waals surface area contributed by atoms with Crippen LogP contribution in [0.1, 0.15) is 0 Å². The third-order valence-electron chi connectivity index (χ3n) is 4.90. The lowest BCUT2D eigenvalue weighted by Gasteiger charge is -2.26. The quantitative estimate of drug-likeness (QED) is 0.452. The van der Waals surface area contributed by atoms with E-state index in [1.807, 2.05) is 18.2 Å². The molecule has 3 aromatic rings. The van der Waals surface area contributed by atoms with Crippen LogP contribution >= 0.6 is 27.3 Å². The van der Waals surface area contributed by atoms with Gasteiger partial charge in [0, 0.05) is 35.1 Å². The van der Waals surface area contributed by atoms with Gasteiger partial charge in [0.1, 0.15) is 0 Å². The number of hydrogen-bond acceptors (Lipinski definition) is 5. The van der Waals surface area contributed by atoms with Crippen molar-refractivity contribution in [3.05, 3.63) is 75.8 Å². The minimum absolute atomic E-state index is 0.272. The van der Waals surface area contributed by atoms with Gasteiger partial charge in [-0.15, -0.1) is 17.9 Å². The topological polar surface area (TPSA) is 63.9 Å². The molecule has 1 aliphatic heterocycles. The Morgan fingerprint density at radius 3 is 2.58 bits per heavy atom. The molecule has 1 fully saturated rings. The summed E-state index contributed by atoms with van der Waals surface area (Å²) in [6, 6.07) is 14.8. The Balaban J connectivity index is 1.66. The maximum atomic E-state index is 12.8. The number of morpholine rings is 1. The highest BCUT2D eigenvalue weighted by Gasteiger charge is 2.26. The van der Waals surface area contributed by atoms with E-state index in [9.17, 15) is 8.42 Å². The molecule has 4 rings (SSSR count). The first-order valence-electron chi connectivity index (χ1n) is 9.77. The lowest BCUT2D eigenvalue weighted by Crippen LogP contribution is -2.40. The number of thiazole rings is 1. The highest BCUT2D eigenvalue weighted by molar-refractivity contribution is 9.10. The van der Waals surface area contributed by atoms with Crippen molar-refractivity contribution in [2.75, 3.05) is 26.3 Å². The molecule has 0 N–H and O–H groups in total. The number of hydrogen-bond donors (Lipinski definition) is 0. The van der Waals surface area contributed by atoms with Crippen LogP contribution in [-0.4, -0.2) is 43.6 Å². The molecule has 6 nitrogen and oxygen atoms in total. The number of ether oxygens (including phenoxy) is 1. The van der Waals surface area contributed by atoms with Crippen molar-refractivity contribution in [3.63, 3.8) is 0 Å². The van der Waals surface area contributed by atoms with Crippen molar-refractivity contribution in [2.24, 2.45) is 4.99 Å². The molecular formula is C22H22BrN3O3S2. The normalized spacial score (nSPS) is 15.8. The second kappa shape index (κ2) is 9.62. The smallest absolute Gasteiger partial charge is 0.243 e. The molecule has 31 heavy (non-hydrogen) atoms. The Morgan fingerprint density at radius 1 is 1.16 bits per heavy atom. The third-order valence-corrected chi connectivity index (χ3v) is 8.17. The Hall–Kier alpha value is -2.04. The highest BCUT2D eigenvalue weighted by Crippen LogP contribution is 2.25. The molecule has 162 valence electrons. The van der Waals surface area contributed by atoms with Gasteiger partial charge in [0.2, 0.25) is 10.0 Å². The maximum Gasteiger partial charge on any atom is 0.243 e. The standard InChI is InChI=1S/C22H22BrN3O3S2/c1-2-10-26-21(17-4-3-5-18(23)15-17)16-30-22(26)24-19-6-8-20(9-7-19)31(27,28)25-11-13-29-14-12-25/h2-9,15-16H,1,10-14H2. The number of aromatic nitrogens is 1. The predicted molar refractivity (Wildman–Crippen MR) is 127 cm³/mol. The van der Waals surface area contributed by atoms with Crippen molar-refractivity contribution >= 4 is 43.0 Å². The lowest BCUT2D eigenvalue weighted by atomic mass is 10.2. The fraction of sp³-hybridized carbons (Fsp3) is 0.227. The van der Waals surface area contributed by atoms with Crippen LogP contribution in [0.3, 0.4) is 0 Å². The monoisotopic (exact) mass is 519 g/mol. The second-order valence-corrected chi connectivity index (χ2v) is 10.6.